The van der Waals surface area contributed by atoms with Gasteiger partial charge < -0.3 is 21.7 Å². The van der Waals surface area contributed by atoms with E-state index in [1.54, 1.807) is 7.05 Å². The van der Waals surface area contributed by atoms with Crippen molar-refractivity contribution in [2.24, 2.45) is 11.5 Å². The number of hydrazine groups is 1. The Bertz CT molecular complexity index is 175. The third kappa shape index (κ3) is 1.01. The van der Waals surface area contributed by atoms with Crippen LogP contribution in [0.5, 0.6) is 0 Å². The highest BCUT2D eigenvalue weighted by atomic mass is 16.3. The predicted octanol–water partition coefficient (Wildman–Crippen LogP) is -2.50. The van der Waals surface area contributed by atoms with Crippen molar-refractivity contribution in [1.29, 1.82) is 0 Å². The molecule has 6 N–H and O–H groups in total. The second-order valence-corrected chi connectivity index (χ2v) is 2.32. The lowest BCUT2D eigenvalue weighted by Gasteiger charge is -2.26. The van der Waals surface area contributed by atoms with Gasteiger partial charge in [-0.05, 0) is 0 Å². The average Bonchev–Trinajstić information content (AvgIpc) is 2.17. The van der Waals surface area contributed by atoms with Crippen LogP contribution in [0.4, 0.5) is 0 Å². The Morgan fingerprint density at radius 3 is 2.27 bits per heavy atom. The van der Waals surface area contributed by atoms with E-state index in [1.807, 2.05) is 0 Å². The zero-order chi connectivity index (χ0) is 8.59. The zero-order valence-corrected chi connectivity index (χ0v) is 6.23. The van der Waals surface area contributed by atoms with Crippen LogP contribution in [-0.2, 0) is 0 Å². The second-order valence-electron chi connectivity index (χ2n) is 2.32. The van der Waals surface area contributed by atoms with E-state index in [4.69, 9.17) is 16.6 Å². The van der Waals surface area contributed by atoms with Crippen molar-refractivity contribution in [2.45, 2.75) is 6.23 Å². The maximum atomic E-state index is 9.26. The Kier molecular flexibility index (Phi) is 1.90. The van der Waals surface area contributed by atoms with Gasteiger partial charge in [-0.1, -0.05) is 0 Å². The monoisotopic (exact) mass is 160 g/mol. The molecular weight excluding hydrogens is 148 g/mol. The number of nitrogens with two attached hydrogens (primary N) is 2. The van der Waals surface area contributed by atoms with Crippen molar-refractivity contribution in [2.75, 3.05) is 13.8 Å². The van der Waals surface area contributed by atoms with Crippen LogP contribution < -0.4 is 11.5 Å². The van der Waals surface area contributed by atoms with Crippen molar-refractivity contribution < 1.29 is 10.2 Å². The zero-order valence-electron chi connectivity index (χ0n) is 6.23. The summed E-state index contributed by atoms with van der Waals surface area (Å²) in [5, 5.41) is 20.6. The van der Waals surface area contributed by atoms with Crippen LogP contribution in [0.2, 0.25) is 0 Å². The molecule has 0 aromatic carbocycles. The van der Waals surface area contributed by atoms with Gasteiger partial charge in [0.25, 0.3) is 0 Å². The van der Waals surface area contributed by atoms with Crippen LogP contribution in [0, 0.1) is 0 Å². The number of hydrogen-bond donors (Lipinski definition) is 4. The van der Waals surface area contributed by atoms with Gasteiger partial charge in [-0.15, -0.1) is 0 Å². The fraction of sp³-hybridized carbons (Fsp3) is 0.600. The number of rotatable bonds is 1. The molecule has 0 fully saturated rings. The molecule has 0 aliphatic carbocycles. The fourth-order valence-electron chi connectivity index (χ4n) is 0.954. The Morgan fingerprint density at radius 2 is 2.09 bits per heavy atom. The molecule has 64 valence electrons. The van der Waals surface area contributed by atoms with Crippen molar-refractivity contribution in [3.63, 3.8) is 0 Å². The van der Waals surface area contributed by atoms with Crippen LogP contribution in [-0.4, -0.2) is 40.2 Å². The maximum Gasteiger partial charge on any atom is 0.170 e. The van der Waals surface area contributed by atoms with Gasteiger partial charge in [0.15, 0.2) is 6.23 Å². The first-order chi connectivity index (χ1) is 5.09. The molecule has 1 aliphatic rings. The van der Waals surface area contributed by atoms with Gasteiger partial charge in [-0.2, -0.15) is 5.01 Å². The molecule has 0 aromatic rings. The van der Waals surface area contributed by atoms with Gasteiger partial charge in [0.05, 0.1) is 5.70 Å². The topological polar surface area (TPSA) is 99.0 Å². The summed E-state index contributed by atoms with van der Waals surface area (Å²) in [6.45, 7) is -0.320. The van der Waals surface area contributed by atoms with Crippen molar-refractivity contribution >= 4 is 0 Å². The Morgan fingerprint density at radius 1 is 1.55 bits per heavy atom. The summed E-state index contributed by atoms with van der Waals surface area (Å²) in [4.78, 5) is 0. The molecule has 0 saturated heterocycles. The van der Waals surface area contributed by atoms with E-state index in [0.29, 0.717) is 0 Å². The third-order valence-corrected chi connectivity index (χ3v) is 1.74. The lowest BCUT2D eigenvalue weighted by Crippen LogP contribution is -2.42. The molecule has 0 spiro atoms. The maximum absolute atomic E-state index is 9.26. The van der Waals surface area contributed by atoms with E-state index in [2.05, 4.69) is 0 Å². The SMILES string of the molecule is CN1C(N)=C(N)C(O)N1CO. The van der Waals surface area contributed by atoms with Crippen LogP contribution in [0.15, 0.2) is 11.5 Å². The smallest absolute Gasteiger partial charge is 0.170 e. The van der Waals surface area contributed by atoms with E-state index in [9.17, 15) is 5.11 Å². The number of hydrogen-bond acceptors (Lipinski definition) is 6. The van der Waals surface area contributed by atoms with Gasteiger partial charge >= 0.3 is 0 Å². The molecule has 1 atom stereocenters. The van der Waals surface area contributed by atoms with Crippen LogP contribution in [0.3, 0.4) is 0 Å². The van der Waals surface area contributed by atoms with Crippen LogP contribution in [0.1, 0.15) is 0 Å². The lowest BCUT2D eigenvalue weighted by molar-refractivity contribution is -0.113. The molecule has 0 radical (unpaired) electrons. The molecule has 1 heterocycles. The van der Waals surface area contributed by atoms with Crippen molar-refractivity contribution in [3.05, 3.63) is 11.5 Å². The summed E-state index contributed by atoms with van der Waals surface area (Å²) < 4.78 is 0. The first kappa shape index (κ1) is 8.12. The molecule has 11 heavy (non-hydrogen) atoms. The molecule has 6 heteroatoms. The summed E-state index contributed by atoms with van der Waals surface area (Å²) in [6.07, 6.45) is -1.01. The van der Waals surface area contributed by atoms with E-state index in [-0.39, 0.29) is 18.2 Å². The van der Waals surface area contributed by atoms with E-state index >= 15 is 0 Å². The first-order valence-corrected chi connectivity index (χ1v) is 3.14. The summed E-state index contributed by atoms with van der Waals surface area (Å²) >= 11 is 0. The molecule has 6 nitrogen and oxygen atoms in total. The van der Waals surface area contributed by atoms with E-state index in [0.717, 1.165) is 0 Å². The van der Waals surface area contributed by atoms with Crippen LogP contribution in [0.25, 0.3) is 0 Å². The molecule has 0 aromatic heterocycles. The normalized spacial score (nSPS) is 26.8. The molecule has 1 aliphatic heterocycles. The van der Waals surface area contributed by atoms with Gasteiger partial charge in [-0.3, -0.25) is 5.01 Å². The third-order valence-electron chi connectivity index (χ3n) is 1.74. The van der Waals surface area contributed by atoms with E-state index < -0.39 is 6.23 Å². The highest BCUT2D eigenvalue weighted by Crippen LogP contribution is 2.18. The molecule has 0 saturated carbocycles. The fourth-order valence-corrected chi connectivity index (χ4v) is 0.954. The molecule has 0 amide bonds. The van der Waals surface area contributed by atoms with Crippen LogP contribution >= 0.6 is 0 Å². The molecule has 0 bridgehead atoms. The average molecular weight is 160 g/mol. The van der Waals surface area contributed by atoms with Gasteiger partial charge in [0.1, 0.15) is 12.6 Å². The van der Waals surface area contributed by atoms with Gasteiger partial charge in [0.2, 0.25) is 0 Å². The van der Waals surface area contributed by atoms with Gasteiger partial charge in [0, 0.05) is 7.05 Å². The molecular formula is C5H12N4O2. The first-order valence-electron chi connectivity index (χ1n) is 3.14. The van der Waals surface area contributed by atoms with E-state index in [1.165, 1.54) is 10.0 Å². The predicted molar refractivity (Wildman–Crippen MR) is 38.1 cm³/mol. The Balaban J connectivity index is 2.83. The highest BCUT2D eigenvalue weighted by Gasteiger charge is 2.31. The number of nitrogens with zero attached hydrogens (tertiary/aromatic N) is 2. The summed E-state index contributed by atoms with van der Waals surface area (Å²) in [7, 11) is 1.61. The quantitative estimate of drug-likeness (QED) is 0.338. The second kappa shape index (κ2) is 2.57. The lowest BCUT2D eigenvalue weighted by atomic mass is 10.4. The minimum absolute atomic E-state index is 0.168. The Hall–Kier alpha value is -0.980. The summed E-state index contributed by atoms with van der Waals surface area (Å²) in [5.41, 5.74) is 11.0. The highest BCUT2D eigenvalue weighted by molar-refractivity contribution is 5.14. The molecule has 1 unspecified atom stereocenters. The largest absolute Gasteiger partial charge is 0.396 e. The minimum Gasteiger partial charge on any atom is -0.396 e. The summed E-state index contributed by atoms with van der Waals surface area (Å²) in [6, 6.07) is 0. The summed E-state index contributed by atoms with van der Waals surface area (Å²) in [5.74, 6) is 0.270. The minimum atomic E-state index is -1.01. The molecule has 1 rings (SSSR count). The van der Waals surface area contributed by atoms with Gasteiger partial charge in [-0.25, -0.2) is 0 Å². The number of aliphatic hydroxyl groups excluding tert-OH is 2. The number of aliphatic hydroxyl groups is 2. The van der Waals surface area contributed by atoms with Crippen molar-refractivity contribution in [1.82, 2.24) is 10.0 Å². The van der Waals surface area contributed by atoms with Crippen molar-refractivity contribution in [3.8, 4) is 0 Å². The Labute approximate surface area is 64.3 Å². The standard InChI is InChI=1S/C5H12N4O2/c1-8-4(7)3(6)5(11)9(8)2-10/h5,10-11H,2,6-7H2,1H3.